The summed E-state index contributed by atoms with van der Waals surface area (Å²) in [6, 6.07) is 8.10. The van der Waals surface area contributed by atoms with Crippen LogP contribution in [0.25, 0.3) is 0 Å². The molecule has 4 nitrogen and oxygen atoms in total. The molecule has 0 radical (unpaired) electrons. The number of nitrogens with one attached hydrogen (secondary N) is 2. The molecule has 1 amide bonds. The van der Waals surface area contributed by atoms with E-state index >= 15 is 0 Å². The van der Waals surface area contributed by atoms with E-state index < -0.39 is 11.7 Å². The molecule has 1 saturated carbocycles. The number of carbonyl (C=O) groups is 1. The van der Waals surface area contributed by atoms with Crippen LogP contribution >= 0.6 is 0 Å². The predicted molar refractivity (Wildman–Crippen MR) is 93.3 cm³/mol. The molecule has 0 unspecified atom stereocenters. The summed E-state index contributed by atoms with van der Waals surface area (Å²) in [5, 5.41) is 5.95. The minimum Gasteiger partial charge on any atom is -0.349 e. The van der Waals surface area contributed by atoms with E-state index in [1.165, 1.54) is 24.8 Å². The number of hydrogen-bond acceptors (Lipinski definition) is 3. The number of alkyl halides is 3. The van der Waals surface area contributed by atoms with Crippen molar-refractivity contribution in [2.75, 3.05) is 5.32 Å². The molecule has 0 atom stereocenters. The Bertz CT molecular complexity index is 753. The van der Waals surface area contributed by atoms with Crippen LogP contribution in [0.5, 0.6) is 0 Å². The zero-order chi connectivity index (χ0) is 18.6. The molecule has 26 heavy (non-hydrogen) atoms. The standard InChI is InChI=1S/C19H20F3N3O/c20-19(21,22)13-8-10-15(11-9-13)24-17-16(7-4-12-23-17)18(26)25-14-5-2-1-3-6-14/h4,7-12,14H,1-3,5-6H2,(H,23,24)(H,25,26). The second-order valence-electron chi connectivity index (χ2n) is 6.41. The minimum atomic E-state index is -4.38. The topological polar surface area (TPSA) is 54.0 Å². The lowest BCUT2D eigenvalue weighted by atomic mass is 9.95. The van der Waals surface area contributed by atoms with Gasteiger partial charge < -0.3 is 10.6 Å². The van der Waals surface area contributed by atoms with E-state index in [0.29, 0.717) is 17.1 Å². The average molecular weight is 363 g/mol. The quantitative estimate of drug-likeness (QED) is 0.812. The Morgan fingerprint density at radius 3 is 2.38 bits per heavy atom. The Balaban J connectivity index is 1.73. The first kappa shape index (κ1) is 18.2. The van der Waals surface area contributed by atoms with Gasteiger partial charge >= 0.3 is 6.18 Å². The van der Waals surface area contributed by atoms with Crippen molar-refractivity contribution >= 4 is 17.4 Å². The highest BCUT2D eigenvalue weighted by Gasteiger charge is 2.30. The Kier molecular flexibility index (Phi) is 5.44. The number of nitrogens with zero attached hydrogens (tertiary/aromatic N) is 1. The molecule has 2 N–H and O–H groups in total. The highest BCUT2D eigenvalue weighted by molar-refractivity contribution is 5.99. The molecule has 0 spiro atoms. The maximum absolute atomic E-state index is 12.7. The number of aromatic nitrogens is 1. The Labute approximate surface area is 149 Å². The summed E-state index contributed by atoms with van der Waals surface area (Å²) in [5.74, 6) is 0.0972. The van der Waals surface area contributed by atoms with Gasteiger partial charge in [-0.15, -0.1) is 0 Å². The first-order valence-corrected chi connectivity index (χ1v) is 8.63. The number of hydrogen-bond donors (Lipinski definition) is 2. The molecule has 1 heterocycles. The van der Waals surface area contributed by atoms with Crippen molar-refractivity contribution in [1.82, 2.24) is 10.3 Å². The van der Waals surface area contributed by atoms with E-state index in [1.807, 2.05) is 0 Å². The fourth-order valence-corrected chi connectivity index (χ4v) is 3.08. The smallest absolute Gasteiger partial charge is 0.349 e. The summed E-state index contributed by atoms with van der Waals surface area (Å²) in [7, 11) is 0. The zero-order valence-electron chi connectivity index (χ0n) is 14.1. The van der Waals surface area contributed by atoms with Gasteiger partial charge in [-0.1, -0.05) is 19.3 Å². The van der Waals surface area contributed by atoms with Crippen LogP contribution in [-0.4, -0.2) is 16.9 Å². The lowest BCUT2D eigenvalue weighted by Crippen LogP contribution is -2.36. The molecule has 1 aromatic carbocycles. The van der Waals surface area contributed by atoms with Crippen molar-refractivity contribution < 1.29 is 18.0 Å². The molecule has 7 heteroatoms. The van der Waals surface area contributed by atoms with Crippen LogP contribution in [0.1, 0.15) is 48.0 Å². The van der Waals surface area contributed by atoms with Gasteiger partial charge in [-0.3, -0.25) is 4.79 Å². The van der Waals surface area contributed by atoms with Crippen LogP contribution in [0.15, 0.2) is 42.6 Å². The minimum absolute atomic E-state index is 0.162. The number of benzene rings is 1. The summed E-state index contributed by atoms with van der Waals surface area (Å²) in [5.41, 5.74) is 0.0840. The van der Waals surface area contributed by atoms with Crippen LogP contribution in [0.2, 0.25) is 0 Å². The van der Waals surface area contributed by atoms with Gasteiger partial charge in [0, 0.05) is 17.9 Å². The van der Waals surface area contributed by atoms with Crippen LogP contribution in [-0.2, 0) is 6.18 Å². The summed E-state index contributed by atoms with van der Waals surface area (Å²) in [6.07, 6.45) is 2.49. The highest BCUT2D eigenvalue weighted by Crippen LogP contribution is 2.30. The van der Waals surface area contributed by atoms with E-state index in [0.717, 1.165) is 37.8 Å². The van der Waals surface area contributed by atoms with Gasteiger partial charge in [0.1, 0.15) is 5.82 Å². The van der Waals surface area contributed by atoms with Gasteiger partial charge in [0.15, 0.2) is 0 Å². The second kappa shape index (κ2) is 7.76. The van der Waals surface area contributed by atoms with Gasteiger partial charge in [0.25, 0.3) is 5.91 Å². The number of pyridine rings is 1. The van der Waals surface area contributed by atoms with Crippen molar-refractivity contribution in [2.24, 2.45) is 0 Å². The van der Waals surface area contributed by atoms with Crippen LogP contribution in [0.4, 0.5) is 24.7 Å². The number of amides is 1. The number of anilines is 2. The zero-order valence-corrected chi connectivity index (χ0v) is 14.1. The van der Waals surface area contributed by atoms with E-state index in [2.05, 4.69) is 15.6 Å². The fourth-order valence-electron chi connectivity index (χ4n) is 3.08. The summed E-state index contributed by atoms with van der Waals surface area (Å²) >= 11 is 0. The maximum Gasteiger partial charge on any atom is 0.416 e. The molecule has 1 aromatic heterocycles. The predicted octanol–water partition coefficient (Wildman–Crippen LogP) is 4.91. The third-order valence-corrected chi connectivity index (χ3v) is 4.47. The summed E-state index contributed by atoms with van der Waals surface area (Å²) < 4.78 is 38.0. The van der Waals surface area contributed by atoms with Gasteiger partial charge in [-0.2, -0.15) is 13.2 Å². The lowest BCUT2D eigenvalue weighted by molar-refractivity contribution is -0.137. The maximum atomic E-state index is 12.7. The van der Waals surface area contributed by atoms with Crippen molar-refractivity contribution in [3.63, 3.8) is 0 Å². The second-order valence-corrected chi connectivity index (χ2v) is 6.41. The molecule has 1 fully saturated rings. The van der Waals surface area contributed by atoms with E-state index in [4.69, 9.17) is 0 Å². The summed E-state index contributed by atoms with van der Waals surface area (Å²) in [6.45, 7) is 0. The lowest BCUT2D eigenvalue weighted by Gasteiger charge is -2.23. The van der Waals surface area contributed by atoms with Crippen molar-refractivity contribution in [3.05, 3.63) is 53.7 Å². The van der Waals surface area contributed by atoms with E-state index in [-0.39, 0.29) is 11.9 Å². The van der Waals surface area contributed by atoms with Gasteiger partial charge in [-0.25, -0.2) is 4.98 Å². The fraction of sp³-hybridized carbons (Fsp3) is 0.368. The van der Waals surface area contributed by atoms with E-state index in [9.17, 15) is 18.0 Å². The average Bonchev–Trinajstić information content (AvgIpc) is 2.63. The third-order valence-electron chi connectivity index (χ3n) is 4.47. The van der Waals surface area contributed by atoms with Gasteiger partial charge in [-0.05, 0) is 49.2 Å². The van der Waals surface area contributed by atoms with Crippen LogP contribution in [0.3, 0.4) is 0 Å². The van der Waals surface area contributed by atoms with Crippen molar-refractivity contribution in [3.8, 4) is 0 Å². The molecule has 2 aromatic rings. The highest BCUT2D eigenvalue weighted by atomic mass is 19.4. The number of halogens is 3. The third kappa shape index (κ3) is 4.53. The summed E-state index contributed by atoms with van der Waals surface area (Å²) in [4.78, 5) is 16.7. The molecular weight excluding hydrogens is 343 g/mol. The molecular formula is C19H20F3N3O. The van der Waals surface area contributed by atoms with Gasteiger partial charge in [0.05, 0.1) is 11.1 Å². The van der Waals surface area contributed by atoms with Crippen LogP contribution in [0, 0.1) is 0 Å². The molecule has 0 aliphatic heterocycles. The van der Waals surface area contributed by atoms with Gasteiger partial charge in [0.2, 0.25) is 0 Å². The SMILES string of the molecule is O=C(NC1CCCCC1)c1cccnc1Nc1ccc(C(F)(F)F)cc1. The first-order valence-electron chi connectivity index (χ1n) is 8.63. The Morgan fingerprint density at radius 1 is 1.04 bits per heavy atom. The largest absolute Gasteiger partial charge is 0.416 e. The molecule has 3 rings (SSSR count). The molecule has 0 saturated heterocycles. The van der Waals surface area contributed by atoms with Crippen molar-refractivity contribution in [1.29, 1.82) is 0 Å². The van der Waals surface area contributed by atoms with E-state index in [1.54, 1.807) is 12.1 Å². The van der Waals surface area contributed by atoms with Crippen LogP contribution < -0.4 is 10.6 Å². The normalized spacial score (nSPS) is 15.5. The number of carbonyl (C=O) groups excluding carboxylic acids is 1. The Hall–Kier alpha value is -2.57. The Morgan fingerprint density at radius 2 is 1.73 bits per heavy atom. The molecule has 1 aliphatic rings. The first-order chi connectivity index (χ1) is 12.4. The molecule has 1 aliphatic carbocycles. The molecule has 138 valence electrons. The molecule has 0 bridgehead atoms. The monoisotopic (exact) mass is 363 g/mol. The van der Waals surface area contributed by atoms with Crippen molar-refractivity contribution in [2.45, 2.75) is 44.3 Å². The number of rotatable bonds is 4.